The van der Waals surface area contributed by atoms with Gasteiger partial charge in [0.1, 0.15) is 12.4 Å². The third-order valence-electron chi connectivity index (χ3n) is 2.92. The summed E-state index contributed by atoms with van der Waals surface area (Å²) in [5, 5.41) is 0. The molecule has 2 rings (SSSR count). The minimum absolute atomic E-state index is 0.127. The van der Waals surface area contributed by atoms with Crippen LogP contribution in [0.2, 0.25) is 0 Å². The quantitative estimate of drug-likeness (QED) is 0.698. The number of rotatable bonds is 5. The molecule has 0 amide bonds. The number of Topliss-reactive ketones (excluding diaryl/α,β-unsaturated/α-hetero) is 1. The van der Waals surface area contributed by atoms with Gasteiger partial charge in [-0.1, -0.05) is 6.42 Å². The number of hydrogen-bond donors (Lipinski definition) is 0. The van der Waals surface area contributed by atoms with Gasteiger partial charge in [0.05, 0.1) is 0 Å². The molecule has 0 atom stereocenters. The summed E-state index contributed by atoms with van der Waals surface area (Å²) < 4.78 is 10.3. The molecule has 0 aromatic carbocycles. The SMILES string of the molecule is COCc1ccc(C(=O)CC2CCC2)o1. The zero-order chi connectivity index (χ0) is 10.7. The lowest BCUT2D eigenvalue weighted by Gasteiger charge is -2.23. The fourth-order valence-electron chi connectivity index (χ4n) is 1.81. The van der Waals surface area contributed by atoms with Crippen molar-refractivity contribution in [3.8, 4) is 0 Å². The van der Waals surface area contributed by atoms with Gasteiger partial charge in [0.15, 0.2) is 11.5 Å². The number of hydrogen-bond acceptors (Lipinski definition) is 3. The van der Waals surface area contributed by atoms with E-state index in [1.807, 2.05) is 0 Å². The van der Waals surface area contributed by atoms with Crippen molar-refractivity contribution in [2.24, 2.45) is 5.92 Å². The molecule has 1 aromatic rings. The molecule has 3 heteroatoms. The number of furan rings is 1. The van der Waals surface area contributed by atoms with Gasteiger partial charge in [0.25, 0.3) is 0 Å². The lowest BCUT2D eigenvalue weighted by atomic mass is 9.81. The Morgan fingerprint density at radius 2 is 2.33 bits per heavy atom. The number of carbonyl (C=O) groups is 1. The van der Waals surface area contributed by atoms with Gasteiger partial charge in [0.2, 0.25) is 0 Å². The van der Waals surface area contributed by atoms with E-state index in [9.17, 15) is 4.79 Å². The van der Waals surface area contributed by atoms with E-state index in [4.69, 9.17) is 9.15 Å². The minimum Gasteiger partial charge on any atom is -0.456 e. The van der Waals surface area contributed by atoms with Gasteiger partial charge >= 0.3 is 0 Å². The van der Waals surface area contributed by atoms with Crippen LogP contribution in [0.25, 0.3) is 0 Å². The van der Waals surface area contributed by atoms with Crippen molar-refractivity contribution in [1.82, 2.24) is 0 Å². The Kier molecular flexibility index (Phi) is 3.21. The Balaban J connectivity index is 1.92. The molecule has 0 saturated heterocycles. The normalized spacial score (nSPS) is 16.3. The number of ether oxygens (including phenoxy) is 1. The van der Waals surface area contributed by atoms with E-state index in [2.05, 4.69) is 0 Å². The van der Waals surface area contributed by atoms with E-state index in [0.29, 0.717) is 24.7 Å². The molecule has 0 aliphatic heterocycles. The molecule has 1 aromatic heterocycles. The van der Waals surface area contributed by atoms with Gasteiger partial charge < -0.3 is 9.15 Å². The number of methoxy groups -OCH3 is 1. The average molecular weight is 208 g/mol. The van der Waals surface area contributed by atoms with Crippen LogP contribution in [0.1, 0.15) is 42.0 Å². The highest BCUT2D eigenvalue weighted by Gasteiger charge is 2.22. The Labute approximate surface area is 89.4 Å². The predicted molar refractivity (Wildman–Crippen MR) is 55.7 cm³/mol. The van der Waals surface area contributed by atoms with Crippen LogP contribution in [0.3, 0.4) is 0 Å². The lowest BCUT2D eigenvalue weighted by Crippen LogP contribution is -2.15. The first-order valence-electron chi connectivity index (χ1n) is 5.40. The summed E-state index contributed by atoms with van der Waals surface area (Å²) >= 11 is 0. The molecule has 1 fully saturated rings. The second kappa shape index (κ2) is 4.62. The van der Waals surface area contributed by atoms with Crippen LogP contribution in [0.4, 0.5) is 0 Å². The molecule has 1 saturated carbocycles. The second-order valence-corrected chi connectivity index (χ2v) is 4.12. The summed E-state index contributed by atoms with van der Waals surface area (Å²) in [5.74, 6) is 1.92. The van der Waals surface area contributed by atoms with Crippen LogP contribution in [0, 0.1) is 5.92 Å². The predicted octanol–water partition coefficient (Wildman–Crippen LogP) is 2.80. The largest absolute Gasteiger partial charge is 0.456 e. The minimum atomic E-state index is 0.127. The number of carbonyl (C=O) groups excluding carboxylic acids is 1. The Hall–Kier alpha value is -1.09. The maximum atomic E-state index is 11.7. The van der Waals surface area contributed by atoms with Crippen LogP contribution in [0.15, 0.2) is 16.5 Å². The molecule has 82 valence electrons. The van der Waals surface area contributed by atoms with Crippen LogP contribution in [0.5, 0.6) is 0 Å². The van der Waals surface area contributed by atoms with E-state index in [1.165, 1.54) is 19.3 Å². The molecular formula is C12H16O3. The summed E-state index contributed by atoms with van der Waals surface area (Å²) in [6.45, 7) is 0.427. The average Bonchev–Trinajstić information content (AvgIpc) is 2.60. The number of ketones is 1. The fraction of sp³-hybridized carbons (Fsp3) is 0.583. The zero-order valence-corrected chi connectivity index (χ0v) is 8.99. The van der Waals surface area contributed by atoms with Gasteiger partial charge in [-0.15, -0.1) is 0 Å². The Bertz CT molecular complexity index is 336. The highest BCUT2D eigenvalue weighted by molar-refractivity contribution is 5.93. The standard InChI is InChI=1S/C12H16O3/c1-14-8-10-5-6-12(15-10)11(13)7-9-3-2-4-9/h5-6,9H,2-4,7-8H2,1H3. The summed E-state index contributed by atoms with van der Waals surface area (Å²) in [5.41, 5.74) is 0. The third-order valence-corrected chi connectivity index (χ3v) is 2.92. The first-order chi connectivity index (χ1) is 7.29. The van der Waals surface area contributed by atoms with Gasteiger partial charge in [0, 0.05) is 13.5 Å². The highest BCUT2D eigenvalue weighted by Crippen LogP contribution is 2.30. The summed E-state index contributed by atoms with van der Waals surface area (Å²) in [6, 6.07) is 3.55. The van der Waals surface area contributed by atoms with E-state index in [1.54, 1.807) is 19.2 Å². The summed E-state index contributed by atoms with van der Waals surface area (Å²) in [4.78, 5) is 11.7. The van der Waals surface area contributed by atoms with Gasteiger partial charge in [-0.25, -0.2) is 0 Å². The van der Waals surface area contributed by atoms with Crippen molar-refractivity contribution in [3.63, 3.8) is 0 Å². The summed E-state index contributed by atoms with van der Waals surface area (Å²) in [7, 11) is 1.61. The van der Waals surface area contributed by atoms with Crippen LogP contribution < -0.4 is 0 Å². The molecule has 0 unspecified atom stereocenters. The van der Waals surface area contributed by atoms with Crippen molar-refractivity contribution in [3.05, 3.63) is 23.7 Å². The molecule has 0 spiro atoms. The first-order valence-corrected chi connectivity index (χ1v) is 5.40. The summed E-state index contributed by atoms with van der Waals surface area (Å²) in [6.07, 6.45) is 4.29. The van der Waals surface area contributed by atoms with Gasteiger partial charge in [-0.3, -0.25) is 4.79 Å². The Morgan fingerprint density at radius 1 is 1.53 bits per heavy atom. The van der Waals surface area contributed by atoms with E-state index < -0.39 is 0 Å². The Morgan fingerprint density at radius 3 is 2.93 bits per heavy atom. The maximum Gasteiger partial charge on any atom is 0.198 e. The third kappa shape index (κ3) is 2.48. The van der Waals surface area contributed by atoms with E-state index >= 15 is 0 Å². The zero-order valence-electron chi connectivity index (χ0n) is 8.99. The molecule has 0 radical (unpaired) electrons. The fourth-order valence-corrected chi connectivity index (χ4v) is 1.81. The van der Waals surface area contributed by atoms with Crippen molar-refractivity contribution < 1.29 is 13.9 Å². The van der Waals surface area contributed by atoms with Crippen molar-refractivity contribution in [2.75, 3.05) is 7.11 Å². The molecule has 1 aliphatic rings. The molecule has 3 nitrogen and oxygen atoms in total. The first kappa shape index (κ1) is 10.4. The van der Waals surface area contributed by atoms with Crippen molar-refractivity contribution >= 4 is 5.78 Å². The maximum absolute atomic E-state index is 11.7. The smallest absolute Gasteiger partial charge is 0.198 e. The second-order valence-electron chi connectivity index (χ2n) is 4.12. The molecule has 1 aliphatic carbocycles. The molecule has 0 N–H and O–H groups in total. The van der Waals surface area contributed by atoms with Crippen LogP contribution in [-0.4, -0.2) is 12.9 Å². The molecule has 1 heterocycles. The van der Waals surface area contributed by atoms with Crippen LogP contribution in [-0.2, 0) is 11.3 Å². The highest BCUT2D eigenvalue weighted by atomic mass is 16.5. The topological polar surface area (TPSA) is 39.4 Å². The molecule has 15 heavy (non-hydrogen) atoms. The van der Waals surface area contributed by atoms with Crippen molar-refractivity contribution in [2.45, 2.75) is 32.3 Å². The lowest BCUT2D eigenvalue weighted by molar-refractivity contribution is 0.0900. The van der Waals surface area contributed by atoms with Gasteiger partial charge in [-0.2, -0.15) is 0 Å². The molecular weight excluding hydrogens is 192 g/mol. The monoisotopic (exact) mass is 208 g/mol. The van der Waals surface area contributed by atoms with E-state index in [0.717, 1.165) is 5.76 Å². The van der Waals surface area contributed by atoms with Gasteiger partial charge in [-0.05, 0) is 30.9 Å². The van der Waals surface area contributed by atoms with Crippen LogP contribution >= 0.6 is 0 Å². The van der Waals surface area contributed by atoms with E-state index in [-0.39, 0.29) is 5.78 Å². The molecule has 0 bridgehead atoms. The van der Waals surface area contributed by atoms with Crippen molar-refractivity contribution in [1.29, 1.82) is 0 Å².